The number of pyridine rings is 1. The van der Waals surface area contributed by atoms with Gasteiger partial charge >= 0.3 is 0 Å². The fourth-order valence-corrected chi connectivity index (χ4v) is 1.33. The van der Waals surface area contributed by atoms with Crippen LogP contribution in [0.3, 0.4) is 0 Å². The summed E-state index contributed by atoms with van der Waals surface area (Å²) in [5.41, 5.74) is 2.76. The van der Waals surface area contributed by atoms with Crippen molar-refractivity contribution in [2.24, 2.45) is 0 Å². The zero-order chi connectivity index (χ0) is 9.26. The van der Waals surface area contributed by atoms with Gasteiger partial charge in [-0.25, -0.2) is 0 Å². The van der Waals surface area contributed by atoms with Crippen molar-refractivity contribution in [1.29, 1.82) is 0 Å². The smallest absolute Gasteiger partial charge is 0.168 e. The predicted octanol–water partition coefficient (Wildman–Crippen LogP) is 1.27. The summed E-state index contributed by atoms with van der Waals surface area (Å²) in [6.45, 7) is 5.66. The SMILES string of the molecule is C=C1CN(c2ccc(C=O)nc2)C1. The molecule has 0 amide bonds. The van der Waals surface area contributed by atoms with Gasteiger partial charge in [0.2, 0.25) is 0 Å². The lowest BCUT2D eigenvalue weighted by Gasteiger charge is -2.35. The van der Waals surface area contributed by atoms with Crippen LogP contribution in [0.15, 0.2) is 30.5 Å². The van der Waals surface area contributed by atoms with E-state index in [-0.39, 0.29) is 0 Å². The van der Waals surface area contributed by atoms with Crippen molar-refractivity contribution in [3.05, 3.63) is 36.2 Å². The molecule has 13 heavy (non-hydrogen) atoms. The summed E-state index contributed by atoms with van der Waals surface area (Å²) in [5.74, 6) is 0. The third-order valence-corrected chi connectivity index (χ3v) is 2.09. The Morgan fingerprint density at radius 1 is 1.46 bits per heavy atom. The number of anilines is 1. The minimum atomic E-state index is 0.475. The van der Waals surface area contributed by atoms with Crippen LogP contribution in [0.1, 0.15) is 10.5 Å². The quantitative estimate of drug-likeness (QED) is 0.500. The highest BCUT2D eigenvalue weighted by atomic mass is 16.1. The van der Waals surface area contributed by atoms with Gasteiger partial charge in [-0.15, -0.1) is 0 Å². The number of nitrogens with zero attached hydrogens (tertiary/aromatic N) is 2. The Balaban J connectivity index is 2.14. The molecule has 3 heteroatoms. The predicted molar refractivity (Wildman–Crippen MR) is 51.0 cm³/mol. The van der Waals surface area contributed by atoms with Gasteiger partial charge in [-0.1, -0.05) is 6.58 Å². The minimum Gasteiger partial charge on any atom is -0.362 e. The molecule has 0 aromatic carbocycles. The highest BCUT2D eigenvalue weighted by molar-refractivity contribution is 5.72. The summed E-state index contributed by atoms with van der Waals surface area (Å²) in [7, 11) is 0. The molecule has 0 N–H and O–H groups in total. The third-order valence-electron chi connectivity index (χ3n) is 2.09. The van der Waals surface area contributed by atoms with Crippen LogP contribution in [-0.4, -0.2) is 24.4 Å². The van der Waals surface area contributed by atoms with Gasteiger partial charge < -0.3 is 4.90 Å². The molecule has 0 aliphatic carbocycles. The molecule has 1 aromatic heterocycles. The summed E-state index contributed by atoms with van der Waals surface area (Å²) in [5, 5.41) is 0. The van der Waals surface area contributed by atoms with Gasteiger partial charge in [-0.2, -0.15) is 0 Å². The van der Waals surface area contributed by atoms with Crippen molar-refractivity contribution >= 4 is 12.0 Å². The highest BCUT2D eigenvalue weighted by Gasteiger charge is 2.18. The van der Waals surface area contributed by atoms with E-state index in [4.69, 9.17) is 0 Å². The Bertz CT molecular complexity index is 334. The van der Waals surface area contributed by atoms with Crippen molar-refractivity contribution < 1.29 is 4.79 Å². The molecule has 0 unspecified atom stereocenters. The molecule has 0 radical (unpaired) electrons. The average Bonchev–Trinajstić information content (AvgIpc) is 2.13. The fourth-order valence-electron chi connectivity index (χ4n) is 1.33. The number of carbonyl (C=O) groups is 1. The largest absolute Gasteiger partial charge is 0.362 e. The minimum absolute atomic E-state index is 0.475. The van der Waals surface area contributed by atoms with Crippen molar-refractivity contribution in [1.82, 2.24) is 4.98 Å². The third kappa shape index (κ3) is 1.45. The zero-order valence-electron chi connectivity index (χ0n) is 7.23. The Kier molecular flexibility index (Phi) is 1.85. The van der Waals surface area contributed by atoms with E-state index in [0.29, 0.717) is 5.69 Å². The van der Waals surface area contributed by atoms with E-state index < -0.39 is 0 Å². The summed E-state index contributed by atoms with van der Waals surface area (Å²) >= 11 is 0. The number of carbonyl (C=O) groups excluding carboxylic acids is 1. The van der Waals surface area contributed by atoms with E-state index in [0.717, 1.165) is 25.1 Å². The summed E-state index contributed by atoms with van der Waals surface area (Å²) < 4.78 is 0. The molecule has 1 saturated heterocycles. The first-order valence-corrected chi connectivity index (χ1v) is 4.12. The summed E-state index contributed by atoms with van der Waals surface area (Å²) in [6, 6.07) is 3.63. The molecule has 3 nitrogen and oxygen atoms in total. The van der Waals surface area contributed by atoms with E-state index in [1.54, 1.807) is 12.3 Å². The first-order chi connectivity index (χ1) is 6.29. The standard InChI is InChI=1S/C10H10N2O/c1-8-5-12(6-8)10-3-2-9(7-13)11-4-10/h2-4,7H,1,5-6H2. The van der Waals surface area contributed by atoms with Crippen LogP contribution in [0.2, 0.25) is 0 Å². The van der Waals surface area contributed by atoms with Gasteiger partial charge in [0.25, 0.3) is 0 Å². The number of hydrogen-bond acceptors (Lipinski definition) is 3. The van der Waals surface area contributed by atoms with Gasteiger partial charge in [0, 0.05) is 13.1 Å². The zero-order valence-corrected chi connectivity index (χ0v) is 7.23. The molecular formula is C10H10N2O. The van der Waals surface area contributed by atoms with Gasteiger partial charge in [-0.05, 0) is 17.7 Å². The van der Waals surface area contributed by atoms with E-state index in [1.165, 1.54) is 5.57 Å². The molecule has 1 aliphatic rings. The van der Waals surface area contributed by atoms with Gasteiger partial charge in [0.05, 0.1) is 11.9 Å². The maximum Gasteiger partial charge on any atom is 0.168 e. The first-order valence-electron chi connectivity index (χ1n) is 4.12. The van der Waals surface area contributed by atoms with Crippen molar-refractivity contribution in [3.63, 3.8) is 0 Å². The number of rotatable bonds is 2. The fraction of sp³-hybridized carbons (Fsp3) is 0.200. The molecule has 2 rings (SSSR count). The molecule has 0 spiro atoms. The highest BCUT2D eigenvalue weighted by Crippen LogP contribution is 2.21. The van der Waals surface area contributed by atoms with Crippen LogP contribution in [0.5, 0.6) is 0 Å². The Morgan fingerprint density at radius 3 is 2.69 bits per heavy atom. The van der Waals surface area contributed by atoms with Crippen LogP contribution in [0, 0.1) is 0 Å². The summed E-state index contributed by atoms with van der Waals surface area (Å²) in [6.07, 6.45) is 2.47. The van der Waals surface area contributed by atoms with Crippen LogP contribution in [0.4, 0.5) is 5.69 Å². The maximum atomic E-state index is 10.3. The van der Waals surface area contributed by atoms with Gasteiger partial charge in [-0.3, -0.25) is 9.78 Å². The van der Waals surface area contributed by atoms with E-state index in [1.807, 2.05) is 6.07 Å². The van der Waals surface area contributed by atoms with Crippen LogP contribution < -0.4 is 4.90 Å². The Labute approximate surface area is 76.7 Å². The van der Waals surface area contributed by atoms with E-state index >= 15 is 0 Å². The molecule has 0 atom stereocenters. The second-order valence-electron chi connectivity index (χ2n) is 3.17. The summed E-state index contributed by atoms with van der Waals surface area (Å²) in [4.78, 5) is 16.5. The average molecular weight is 174 g/mol. The lowest BCUT2D eigenvalue weighted by atomic mass is 10.1. The number of hydrogen-bond donors (Lipinski definition) is 0. The number of aromatic nitrogens is 1. The molecule has 1 aliphatic heterocycles. The lowest BCUT2D eigenvalue weighted by Crippen LogP contribution is -2.39. The second kappa shape index (κ2) is 3.01. The van der Waals surface area contributed by atoms with Crippen LogP contribution >= 0.6 is 0 Å². The molecule has 1 aromatic rings. The van der Waals surface area contributed by atoms with Crippen molar-refractivity contribution in [2.75, 3.05) is 18.0 Å². The van der Waals surface area contributed by atoms with Crippen molar-refractivity contribution in [3.8, 4) is 0 Å². The van der Waals surface area contributed by atoms with Crippen LogP contribution in [-0.2, 0) is 0 Å². The normalized spacial score (nSPS) is 15.4. The molecule has 1 fully saturated rings. The first kappa shape index (κ1) is 7.98. The van der Waals surface area contributed by atoms with Gasteiger partial charge in [0.1, 0.15) is 5.69 Å². The second-order valence-corrected chi connectivity index (χ2v) is 3.17. The molecule has 66 valence electrons. The monoisotopic (exact) mass is 174 g/mol. The maximum absolute atomic E-state index is 10.3. The molecular weight excluding hydrogens is 164 g/mol. The topological polar surface area (TPSA) is 33.2 Å². The Hall–Kier alpha value is -1.64. The molecule has 2 heterocycles. The molecule has 0 saturated carbocycles. The van der Waals surface area contributed by atoms with E-state index in [2.05, 4.69) is 16.5 Å². The number of aldehydes is 1. The van der Waals surface area contributed by atoms with Gasteiger partial charge in [0.15, 0.2) is 6.29 Å². The van der Waals surface area contributed by atoms with Crippen LogP contribution in [0.25, 0.3) is 0 Å². The van der Waals surface area contributed by atoms with E-state index in [9.17, 15) is 4.79 Å². The molecule has 0 bridgehead atoms. The Morgan fingerprint density at radius 2 is 2.23 bits per heavy atom. The van der Waals surface area contributed by atoms with Crippen molar-refractivity contribution in [2.45, 2.75) is 0 Å². The lowest BCUT2D eigenvalue weighted by molar-refractivity contribution is 0.111.